The lowest BCUT2D eigenvalue weighted by Gasteiger charge is -2.16. The molecule has 0 heterocycles. The zero-order valence-electron chi connectivity index (χ0n) is 10.6. The summed E-state index contributed by atoms with van der Waals surface area (Å²) in [5.74, 6) is 0.0250. The van der Waals surface area contributed by atoms with Gasteiger partial charge in [-0.25, -0.2) is 0 Å². The van der Waals surface area contributed by atoms with E-state index in [9.17, 15) is 4.79 Å². The van der Waals surface area contributed by atoms with Crippen molar-refractivity contribution in [2.45, 2.75) is 31.8 Å². The van der Waals surface area contributed by atoms with Crippen molar-refractivity contribution in [1.82, 2.24) is 5.32 Å². The van der Waals surface area contributed by atoms with Gasteiger partial charge in [0.1, 0.15) is 11.0 Å². The van der Waals surface area contributed by atoms with Gasteiger partial charge in [-0.1, -0.05) is 12.2 Å². The van der Waals surface area contributed by atoms with Crippen molar-refractivity contribution in [2.24, 2.45) is 5.73 Å². The van der Waals surface area contributed by atoms with E-state index in [1.165, 1.54) is 0 Å². The molecule has 0 spiro atoms. The number of carbonyl (C=O) groups excluding carboxylic acids is 1. The van der Waals surface area contributed by atoms with Gasteiger partial charge in [-0.15, -0.1) is 0 Å². The minimum absolute atomic E-state index is 0.0250. The zero-order valence-corrected chi connectivity index (χ0v) is 13.0. The highest BCUT2D eigenvalue weighted by Crippen LogP contribution is 2.22. The fourth-order valence-electron chi connectivity index (χ4n) is 1.67. The smallest absolute Gasteiger partial charge is 0.242 e. The molecular weight excluding hydrogens is 326 g/mol. The van der Waals surface area contributed by atoms with Crippen LogP contribution < -0.4 is 16.4 Å². The summed E-state index contributed by atoms with van der Waals surface area (Å²) in [5.41, 5.74) is 7.23. The van der Waals surface area contributed by atoms with E-state index < -0.39 is 0 Å². The van der Waals surface area contributed by atoms with Crippen LogP contribution in [0.3, 0.4) is 0 Å². The summed E-state index contributed by atoms with van der Waals surface area (Å²) in [4.78, 5) is 12.2. The highest BCUT2D eigenvalue weighted by atomic mass is 79.9. The largest absolute Gasteiger partial charge is 0.389 e. The molecule has 0 bridgehead atoms. The molecule has 1 amide bonds. The van der Waals surface area contributed by atoms with Gasteiger partial charge in [-0.2, -0.15) is 0 Å². The second-order valence-electron chi connectivity index (χ2n) is 4.71. The number of nitrogens with one attached hydrogen (secondary N) is 2. The number of halogens is 1. The Hall–Kier alpha value is -1.14. The Morgan fingerprint density at radius 1 is 1.53 bits per heavy atom. The standard InChI is InChI=1S/C13H16BrN3OS/c1-7(13(18)17-8-2-3-8)16-9-4-5-10(12(15)19)11(14)6-9/h4-8,16H,2-3H2,1H3,(H2,15,19)(H,17,18). The topological polar surface area (TPSA) is 67.1 Å². The predicted octanol–water partition coefficient (Wildman–Crippen LogP) is 2.16. The van der Waals surface area contributed by atoms with Crippen LogP contribution in [0, 0.1) is 0 Å². The van der Waals surface area contributed by atoms with Crippen LogP contribution in [0.1, 0.15) is 25.3 Å². The van der Waals surface area contributed by atoms with Crippen molar-refractivity contribution in [1.29, 1.82) is 0 Å². The molecule has 102 valence electrons. The average Bonchev–Trinajstić information content (AvgIpc) is 3.12. The fourth-order valence-corrected chi connectivity index (χ4v) is 2.58. The molecule has 1 aromatic carbocycles. The lowest BCUT2D eigenvalue weighted by Crippen LogP contribution is -2.38. The average molecular weight is 342 g/mol. The van der Waals surface area contributed by atoms with Crippen molar-refractivity contribution in [3.05, 3.63) is 28.2 Å². The maximum Gasteiger partial charge on any atom is 0.242 e. The van der Waals surface area contributed by atoms with Gasteiger partial charge in [0.05, 0.1) is 0 Å². The van der Waals surface area contributed by atoms with Crippen LogP contribution in [0.15, 0.2) is 22.7 Å². The van der Waals surface area contributed by atoms with E-state index in [4.69, 9.17) is 18.0 Å². The van der Waals surface area contributed by atoms with Crippen LogP contribution in [0.25, 0.3) is 0 Å². The van der Waals surface area contributed by atoms with E-state index in [1.807, 2.05) is 25.1 Å². The number of amides is 1. The molecular formula is C13H16BrN3OS. The molecule has 2 rings (SSSR count). The number of anilines is 1. The minimum Gasteiger partial charge on any atom is -0.389 e. The SMILES string of the molecule is CC(Nc1ccc(C(N)=S)c(Br)c1)C(=O)NC1CC1. The molecule has 1 atom stereocenters. The van der Waals surface area contributed by atoms with Crippen LogP contribution in [0.4, 0.5) is 5.69 Å². The molecule has 1 fully saturated rings. The summed E-state index contributed by atoms with van der Waals surface area (Å²) in [7, 11) is 0. The summed E-state index contributed by atoms with van der Waals surface area (Å²) in [6.07, 6.45) is 2.18. The Kier molecular flexibility index (Phi) is 4.42. The summed E-state index contributed by atoms with van der Waals surface area (Å²) in [6, 6.07) is 5.67. The van der Waals surface area contributed by atoms with Crippen molar-refractivity contribution in [3.63, 3.8) is 0 Å². The predicted molar refractivity (Wildman–Crippen MR) is 84.3 cm³/mol. The van der Waals surface area contributed by atoms with Gasteiger partial charge in [0.25, 0.3) is 0 Å². The van der Waals surface area contributed by atoms with Gasteiger partial charge < -0.3 is 16.4 Å². The maximum absolute atomic E-state index is 11.8. The van der Waals surface area contributed by atoms with Crippen molar-refractivity contribution < 1.29 is 4.79 Å². The Bertz CT molecular complexity index is 517. The van der Waals surface area contributed by atoms with Crippen LogP contribution in [-0.4, -0.2) is 23.0 Å². The first-order valence-electron chi connectivity index (χ1n) is 6.13. The quantitative estimate of drug-likeness (QED) is 0.718. The Morgan fingerprint density at radius 2 is 2.21 bits per heavy atom. The number of benzene rings is 1. The van der Waals surface area contributed by atoms with Gasteiger partial charge in [0.2, 0.25) is 5.91 Å². The maximum atomic E-state index is 11.8. The molecule has 1 aromatic rings. The number of nitrogens with two attached hydrogens (primary N) is 1. The van der Waals surface area contributed by atoms with Gasteiger partial charge in [-0.05, 0) is 53.9 Å². The first kappa shape index (κ1) is 14.3. The second-order valence-corrected chi connectivity index (χ2v) is 6.00. The minimum atomic E-state index is -0.275. The molecule has 1 aliphatic rings. The van der Waals surface area contributed by atoms with Gasteiger partial charge >= 0.3 is 0 Å². The van der Waals surface area contributed by atoms with Crippen LogP contribution in [-0.2, 0) is 4.79 Å². The van der Waals surface area contributed by atoms with E-state index in [0.717, 1.165) is 28.6 Å². The first-order chi connectivity index (χ1) is 8.97. The summed E-state index contributed by atoms with van der Waals surface area (Å²) in [5, 5.41) is 6.12. The lowest BCUT2D eigenvalue weighted by molar-refractivity contribution is -0.121. The van der Waals surface area contributed by atoms with Gasteiger partial charge in [0.15, 0.2) is 0 Å². The molecule has 6 heteroatoms. The van der Waals surface area contributed by atoms with E-state index in [2.05, 4.69) is 26.6 Å². The fraction of sp³-hybridized carbons (Fsp3) is 0.385. The number of rotatable bonds is 5. The van der Waals surface area contributed by atoms with E-state index in [0.29, 0.717) is 11.0 Å². The molecule has 19 heavy (non-hydrogen) atoms. The van der Waals surface area contributed by atoms with Crippen LogP contribution in [0.2, 0.25) is 0 Å². The Morgan fingerprint density at radius 3 is 2.74 bits per heavy atom. The Labute approximate surface area is 126 Å². The molecule has 0 saturated heterocycles. The highest BCUT2D eigenvalue weighted by Gasteiger charge is 2.25. The molecule has 0 radical (unpaired) electrons. The van der Waals surface area contributed by atoms with Gasteiger partial charge in [-0.3, -0.25) is 4.79 Å². The third-order valence-electron chi connectivity index (χ3n) is 2.93. The molecule has 4 nitrogen and oxygen atoms in total. The first-order valence-corrected chi connectivity index (χ1v) is 7.34. The van der Waals surface area contributed by atoms with E-state index in [1.54, 1.807) is 0 Å². The molecule has 1 saturated carbocycles. The van der Waals surface area contributed by atoms with Gasteiger partial charge in [0, 0.05) is 21.8 Å². The normalized spacial score (nSPS) is 15.7. The van der Waals surface area contributed by atoms with Crippen molar-refractivity contribution in [2.75, 3.05) is 5.32 Å². The van der Waals surface area contributed by atoms with Crippen molar-refractivity contribution in [3.8, 4) is 0 Å². The number of thiocarbonyl (C=S) groups is 1. The summed E-state index contributed by atoms with van der Waals surface area (Å²) >= 11 is 8.36. The summed E-state index contributed by atoms with van der Waals surface area (Å²) < 4.78 is 0.819. The summed E-state index contributed by atoms with van der Waals surface area (Å²) in [6.45, 7) is 1.84. The molecule has 4 N–H and O–H groups in total. The van der Waals surface area contributed by atoms with Crippen molar-refractivity contribution >= 4 is 44.7 Å². The number of hydrogen-bond acceptors (Lipinski definition) is 3. The third kappa shape index (κ3) is 3.91. The molecule has 0 aromatic heterocycles. The molecule has 1 unspecified atom stereocenters. The van der Waals surface area contributed by atoms with Crippen LogP contribution >= 0.6 is 28.1 Å². The van der Waals surface area contributed by atoms with E-state index in [-0.39, 0.29) is 11.9 Å². The van der Waals surface area contributed by atoms with Crippen LogP contribution in [0.5, 0.6) is 0 Å². The lowest BCUT2D eigenvalue weighted by atomic mass is 10.2. The monoisotopic (exact) mass is 341 g/mol. The third-order valence-corrected chi connectivity index (χ3v) is 3.81. The highest BCUT2D eigenvalue weighted by molar-refractivity contribution is 9.10. The number of carbonyl (C=O) groups is 1. The second kappa shape index (κ2) is 5.88. The van der Waals surface area contributed by atoms with E-state index >= 15 is 0 Å². The molecule has 1 aliphatic carbocycles. The zero-order chi connectivity index (χ0) is 14.0. The molecule has 0 aliphatic heterocycles. The Balaban J connectivity index is 1.99. The number of hydrogen-bond donors (Lipinski definition) is 3.